The Balaban J connectivity index is 2.37. The van der Waals surface area contributed by atoms with Crippen LogP contribution in [0.3, 0.4) is 0 Å². The smallest absolute Gasteiger partial charge is 0.150 e. The van der Waals surface area contributed by atoms with Crippen LogP contribution in [0.1, 0.15) is 0 Å². The van der Waals surface area contributed by atoms with E-state index in [4.69, 9.17) is 11.6 Å². The van der Waals surface area contributed by atoms with E-state index in [0.29, 0.717) is 26.8 Å². The van der Waals surface area contributed by atoms with Crippen LogP contribution in [0.4, 0.5) is 21.7 Å². The van der Waals surface area contributed by atoms with Crippen molar-refractivity contribution in [3.05, 3.63) is 39.8 Å². The molecule has 0 saturated heterocycles. The number of nitrogens with zero attached hydrogens (tertiary/aromatic N) is 2. The lowest BCUT2D eigenvalue weighted by atomic mass is 10.3. The van der Waals surface area contributed by atoms with Gasteiger partial charge in [-0.05, 0) is 34.1 Å². The van der Waals surface area contributed by atoms with Gasteiger partial charge in [-0.3, -0.25) is 0 Å². The van der Waals surface area contributed by atoms with Crippen molar-refractivity contribution < 1.29 is 4.39 Å². The first-order valence-corrected chi connectivity index (χ1v) is 6.19. The third-order valence-corrected chi connectivity index (χ3v) is 3.29. The van der Waals surface area contributed by atoms with E-state index in [2.05, 4.69) is 36.5 Å². The van der Waals surface area contributed by atoms with Gasteiger partial charge < -0.3 is 10.6 Å². The highest BCUT2D eigenvalue weighted by molar-refractivity contribution is 9.10. The third-order valence-electron chi connectivity index (χ3n) is 2.21. The summed E-state index contributed by atoms with van der Waals surface area (Å²) in [6.45, 7) is 0. The van der Waals surface area contributed by atoms with E-state index >= 15 is 0 Å². The Morgan fingerprint density at radius 3 is 2.72 bits per heavy atom. The summed E-state index contributed by atoms with van der Waals surface area (Å²) < 4.78 is 13.8. The molecule has 2 rings (SSSR count). The van der Waals surface area contributed by atoms with Crippen molar-refractivity contribution in [3.63, 3.8) is 0 Å². The van der Waals surface area contributed by atoms with E-state index in [-0.39, 0.29) is 5.82 Å². The topological polar surface area (TPSA) is 49.8 Å². The van der Waals surface area contributed by atoms with Crippen molar-refractivity contribution in [2.24, 2.45) is 0 Å². The maximum Gasteiger partial charge on any atom is 0.150 e. The molecule has 1 heterocycles. The van der Waals surface area contributed by atoms with Crippen molar-refractivity contribution in [3.8, 4) is 0 Å². The minimum absolute atomic E-state index is 0.374. The van der Waals surface area contributed by atoms with Crippen LogP contribution in [-0.4, -0.2) is 17.0 Å². The van der Waals surface area contributed by atoms with Crippen LogP contribution >= 0.6 is 27.5 Å². The lowest BCUT2D eigenvalue weighted by Gasteiger charge is -2.11. The normalized spacial score (nSPS) is 10.2. The zero-order valence-corrected chi connectivity index (χ0v) is 11.7. The van der Waals surface area contributed by atoms with Crippen molar-refractivity contribution in [1.29, 1.82) is 0 Å². The molecule has 0 saturated carbocycles. The zero-order chi connectivity index (χ0) is 13.1. The van der Waals surface area contributed by atoms with Gasteiger partial charge in [0.15, 0.2) is 0 Å². The highest BCUT2D eigenvalue weighted by atomic mass is 79.9. The Bertz CT molecular complexity index is 579. The predicted octanol–water partition coefficient (Wildman–Crippen LogP) is 3.82. The number of hydrogen-bond acceptors (Lipinski definition) is 4. The molecule has 2 aromatic rings. The molecule has 18 heavy (non-hydrogen) atoms. The fraction of sp³-hybridized carbons (Fsp3) is 0.0909. The molecule has 7 heteroatoms. The average molecular weight is 332 g/mol. The first kappa shape index (κ1) is 13.0. The molecule has 0 aliphatic carbocycles. The van der Waals surface area contributed by atoms with Gasteiger partial charge in [-0.15, -0.1) is 0 Å². The highest BCUT2D eigenvalue weighted by Gasteiger charge is 2.09. The lowest BCUT2D eigenvalue weighted by Crippen LogP contribution is -2.01. The number of halogens is 3. The molecule has 0 bridgehead atoms. The van der Waals surface area contributed by atoms with Crippen molar-refractivity contribution >= 4 is 44.9 Å². The molecule has 4 nitrogen and oxygen atoms in total. The van der Waals surface area contributed by atoms with E-state index < -0.39 is 0 Å². The number of rotatable bonds is 3. The van der Waals surface area contributed by atoms with Crippen LogP contribution < -0.4 is 10.6 Å². The van der Waals surface area contributed by atoms with E-state index in [1.54, 1.807) is 7.05 Å². The second kappa shape index (κ2) is 5.49. The standard InChI is InChI=1S/C11H9BrClFN4/c1-15-10-9(12)11(17-5-16-10)18-8-4-6(14)2-3-7(8)13/h2-5H,1H3,(H2,15,16,17,18). The second-order valence-electron chi connectivity index (χ2n) is 3.38. The Hall–Kier alpha value is -1.40. The number of anilines is 3. The van der Waals surface area contributed by atoms with Crippen LogP contribution in [0.15, 0.2) is 29.0 Å². The third kappa shape index (κ3) is 2.70. The number of nitrogens with one attached hydrogen (secondary N) is 2. The quantitative estimate of drug-likeness (QED) is 0.898. The van der Waals surface area contributed by atoms with E-state index in [1.807, 2.05) is 0 Å². The van der Waals surface area contributed by atoms with Gasteiger partial charge in [-0.1, -0.05) is 11.6 Å². The van der Waals surface area contributed by atoms with E-state index in [0.717, 1.165) is 0 Å². The fourth-order valence-electron chi connectivity index (χ4n) is 1.35. The van der Waals surface area contributed by atoms with Crippen LogP contribution in [0, 0.1) is 5.82 Å². The molecule has 1 aromatic carbocycles. The van der Waals surface area contributed by atoms with Gasteiger partial charge >= 0.3 is 0 Å². The zero-order valence-electron chi connectivity index (χ0n) is 9.34. The first-order valence-electron chi connectivity index (χ1n) is 5.02. The molecule has 1 aromatic heterocycles. The Labute approximate surface area is 117 Å². The SMILES string of the molecule is CNc1ncnc(Nc2cc(F)ccc2Cl)c1Br. The average Bonchev–Trinajstić information content (AvgIpc) is 2.36. The second-order valence-corrected chi connectivity index (χ2v) is 4.58. The fourth-order valence-corrected chi connectivity index (χ4v) is 2.02. The van der Waals surface area contributed by atoms with E-state index in [1.165, 1.54) is 24.5 Å². The molecule has 0 atom stereocenters. The van der Waals surface area contributed by atoms with Crippen LogP contribution in [0.2, 0.25) is 5.02 Å². The molecule has 0 amide bonds. The summed E-state index contributed by atoms with van der Waals surface area (Å²) in [4.78, 5) is 8.09. The first-order chi connectivity index (χ1) is 8.61. The van der Waals surface area contributed by atoms with Gasteiger partial charge in [0.25, 0.3) is 0 Å². The Morgan fingerprint density at radius 2 is 2.00 bits per heavy atom. The molecule has 0 aliphatic rings. The molecule has 0 spiro atoms. The number of aromatic nitrogens is 2. The Morgan fingerprint density at radius 1 is 1.28 bits per heavy atom. The maximum atomic E-state index is 13.1. The molecular formula is C11H9BrClFN4. The van der Waals surface area contributed by atoms with Gasteiger partial charge in [-0.25, -0.2) is 14.4 Å². The van der Waals surface area contributed by atoms with Crippen molar-refractivity contribution in [2.45, 2.75) is 0 Å². The molecular weight excluding hydrogens is 323 g/mol. The van der Waals surface area contributed by atoms with Crippen molar-refractivity contribution in [2.75, 3.05) is 17.7 Å². The molecule has 0 radical (unpaired) electrons. The summed E-state index contributed by atoms with van der Waals surface area (Å²) in [6.07, 6.45) is 1.39. The monoisotopic (exact) mass is 330 g/mol. The Kier molecular flexibility index (Phi) is 3.98. The predicted molar refractivity (Wildman–Crippen MR) is 74.0 cm³/mol. The maximum absolute atomic E-state index is 13.1. The van der Waals surface area contributed by atoms with Crippen LogP contribution in [-0.2, 0) is 0 Å². The highest BCUT2D eigenvalue weighted by Crippen LogP contribution is 2.31. The summed E-state index contributed by atoms with van der Waals surface area (Å²) in [5, 5.41) is 6.26. The van der Waals surface area contributed by atoms with Gasteiger partial charge in [0.2, 0.25) is 0 Å². The molecule has 94 valence electrons. The summed E-state index contributed by atoms with van der Waals surface area (Å²) in [5.41, 5.74) is 0.443. The van der Waals surface area contributed by atoms with Gasteiger partial charge in [0, 0.05) is 7.05 Å². The molecule has 2 N–H and O–H groups in total. The number of hydrogen-bond donors (Lipinski definition) is 2. The lowest BCUT2D eigenvalue weighted by molar-refractivity contribution is 0.628. The minimum Gasteiger partial charge on any atom is -0.372 e. The summed E-state index contributed by atoms with van der Waals surface area (Å²) in [6, 6.07) is 4.07. The molecule has 0 unspecified atom stereocenters. The van der Waals surface area contributed by atoms with Crippen molar-refractivity contribution in [1.82, 2.24) is 9.97 Å². The largest absolute Gasteiger partial charge is 0.372 e. The van der Waals surface area contributed by atoms with E-state index in [9.17, 15) is 4.39 Å². The van der Waals surface area contributed by atoms with Gasteiger partial charge in [0.1, 0.15) is 28.3 Å². The minimum atomic E-state index is -0.374. The summed E-state index contributed by atoms with van der Waals surface area (Å²) in [7, 11) is 1.74. The number of benzene rings is 1. The van der Waals surface area contributed by atoms with Gasteiger partial charge in [-0.2, -0.15) is 0 Å². The van der Waals surface area contributed by atoms with Crippen LogP contribution in [0.25, 0.3) is 0 Å². The van der Waals surface area contributed by atoms with Gasteiger partial charge in [0.05, 0.1) is 10.7 Å². The summed E-state index contributed by atoms with van der Waals surface area (Å²) in [5.74, 6) is 0.753. The molecule has 0 aliphatic heterocycles. The summed E-state index contributed by atoms with van der Waals surface area (Å²) >= 11 is 9.32. The van der Waals surface area contributed by atoms with Crippen LogP contribution in [0.5, 0.6) is 0 Å². The molecule has 0 fully saturated rings.